The van der Waals surface area contributed by atoms with E-state index in [9.17, 15) is 4.57 Å². The number of hydrogen-bond donors (Lipinski definition) is 1. The maximum absolute atomic E-state index is 9.99. The first-order valence-corrected chi connectivity index (χ1v) is 5.96. The highest BCUT2D eigenvalue weighted by Crippen LogP contribution is 2.15. The summed E-state index contributed by atoms with van der Waals surface area (Å²) in [5, 5.41) is -0.128. The van der Waals surface area contributed by atoms with Crippen LogP contribution in [0, 0.1) is 0 Å². The summed E-state index contributed by atoms with van der Waals surface area (Å²) in [5.74, 6) is 0.848. The zero-order valence-corrected chi connectivity index (χ0v) is 9.34. The van der Waals surface area contributed by atoms with Gasteiger partial charge in [-0.05, 0) is 5.56 Å². The highest BCUT2D eigenvalue weighted by atomic mass is 32.2. The molecule has 5 heteroatoms. The summed E-state index contributed by atoms with van der Waals surface area (Å²) < 4.78 is 14.6. The van der Waals surface area contributed by atoms with Crippen LogP contribution in [0.15, 0.2) is 30.3 Å². The lowest BCUT2D eigenvalue weighted by molar-refractivity contribution is 0.343. The van der Waals surface area contributed by atoms with Crippen LogP contribution in [0.3, 0.4) is 0 Å². The van der Waals surface area contributed by atoms with Crippen LogP contribution in [0.1, 0.15) is 5.56 Å². The molecule has 76 valence electrons. The van der Waals surface area contributed by atoms with Crippen molar-refractivity contribution in [2.45, 2.75) is 11.1 Å². The molecule has 0 spiro atoms. The lowest BCUT2D eigenvalue weighted by Crippen LogP contribution is -2.20. The molecule has 0 amide bonds. The second kappa shape index (κ2) is 6.96. The van der Waals surface area contributed by atoms with E-state index in [1.165, 1.54) is 5.56 Å². The third-order valence-corrected chi connectivity index (χ3v) is 2.92. The zero-order valence-electron chi connectivity index (χ0n) is 7.63. The van der Waals surface area contributed by atoms with Gasteiger partial charge in [0.15, 0.2) is 0 Å². The van der Waals surface area contributed by atoms with E-state index < -0.39 is 0 Å². The van der Waals surface area contributed by atoms with Gasteiger partial charge in [0.05, 0.1) is 12.0 Å². The fourth-order valence-electron chi connectivity index (χ4n) is 0.930. The van der Waals surface area contributed by atoms with Crippen LogP contribution in [0.4, 0.5) is 0 Å². The first-order chi connectivity index (χ1) is 6.83. The molecule has 0 radical (unpaired) electrons. The Balaban J connectivity index is 2.23. The largest absolute Gasteiger partial charge is 0.327 e. The van der Waals surface area contributed by atoms with Crippen molar-refractivity contribution in [3.8, 4) is 0 Å². The van der Waals surface area contributed by atoms with Gasteiger partial charge in [0.2, 0.25) is 0 Å². The van der Waals surface area contributed by atoms with Gasteiger partial charge in [-0.25, -0.2) is 4.57 Å². The Hall–Kier alpha value is -0.410. The predicted octanol–water partition coefficient (Wildman–Crippen LogP) is 2.43. The molecule has 0 saturated carbocycles. The molecule has 0 fully saturated rings. The predicted molar refractivity (Wildman–Crippen MR) is 59.3 cm³/mol. The number of rotatable bonds is 6. The van der Waals surface area contributed by atoms with Crippen LogP contribution in [-0.2, 0) is 14.8 Å². The average molecular weight is 229 g/mol. The fraction of sp³-hybridized carbons (Fsp3) is 0.333. The third kappa shape index (κ3) is 4.72. The molecule has 0 bridgehead atoms. The Labute approximate surface area is 89.3 Å². The van der Waals surface area contributed by atoms with Gasteiger partial charge in [-0.15, -0.1) is 11.8 Å². The maximum atomic E-state index is 9.99. The minimum absolute atomic E-state index is 0.128. The molecule has 14 heavy (non-hydrogen) atoms. The van der Waals surface area contributed by atoms with Crippen molar-refractivity contribution in [2.24, 2.45) is 5.73 Å². The Morgan fingerprint density at radius 3 is 2.79 bits per heavy atom. The molecular weight excluding hydrogens is 217 g/mol. The molecule has 0 saturated heterocycles. The Morgan fingerprint density at radius 1 is 1.43 bits per heavy atom. The molecule has 2 N–H and O–H groups in total. The van der Waals surface area contributed by atoms with E-state index in [2.05, 4.69) is 4.52 Å². The Morgan fingerprint density at radius 2 is 2.14 bits per heavy atom. The fourth-order valence-corrected chi connectivity index (χ4v) is 2.02. The van der Waals surface area contributed by atoms with Gasteiger partial charge < -0.3 is 5.73 Å². The quantitative estimate of drug-likeness (QED) is 0.601. The van der Waals surface area contributed by atoms with Crippen molar-refractivity contribution in [3.63, 3.8) is 0 Å². The molecule has 1 atom stereocenters. The average Bonchev–Trinajstić information content (AvgIpc) is 2.25. The van der Waals surface area contributed by atoms with Crippen molar-refractivity contribution >= 4 is 20.4 Å². The summed E-state index contributed by atoms with van der Waals surface area (Å²) >= 11 is 1.58. The highest BCUT2D eigenvalue weighted by Gasteiger charge is 2.03. The number of benzene rings is 1. The summed E-state index contributed by atoms with van der Waals surface area (Å²) in [6.07, 6.45) is 0. The molecule has 0 heterocycles. The normalized spacial score (nSPS) is 12.9. The van der Waals surface area contributed by atoms with E-state index in [1.807, 2.05) is 30.3 Å². The molecule has 0 aliphatic carbocycles. The lowest BCUT2D eigenvalue weighted by atomic mass is 10.2. The molecule has 1 unspecified atom stereocenters. The van der Waals surface area contributed by atoms with Crippen molar-refractivity contribution in [1.29, 1.82) is 0 Å². The summed E-state index contributed by atoms with van der Waals surface area (Å²) in [5.41, 5.74) is 6.93. The van der Waals surface area contributed by atoms with E-state index in [1.54, 1.807) is 11.8 Å². The van der Waals surface area contributed by atoms with Crippen LogP contribution in [0.2, 0.25) is 0 Å². The molecule has 0 aliphatic rings. The Bertz CT molecular complexity index is 271. The van der Waals surface area contributed by atoms with Crippen molar-refractivity contribution in [3.05, 3.63) is 35.9 Å². The van der Waals surface area contributed by atoms with E-state index in [0.717, 1.165) is 5.75 Å². The minimum Gasteiger partial charge on any atom is -0.317 e. The minimum atomic E-state index is -0.307. The molecular formula is C9H12NO2PS. The van der Waals surface area contributed by atoms with Crippen LogP contribution in [0.25, 0.3) is 0 Å². The maximum Gasteiger partial charge on any atom is 0.327 e. The van der Waals surface area contributed by atoms with Gasteiger partial charge in [0, 0.05) is 5.75 Å². The third-order valence-electron chi connectivity index (χ3n) is 1.60. The van der Waals surface area contributed by atoms with Crippen molar-refractivity contribution < 1.29 is 9.09 Å². The standard InChI is InChI=1S/C9H12NO2PS/c10-9(6-12-13-11)14-7-8-4-2-1-3-5-8/h1-5,9H,6-7,10H2. The molecule has 1 aromatic carbocycles. The second-order valence-corrected chi connectivity index (χ2v) is 4.34. The number of nitrogens with two attached hydrogens (primary N) is 1. The van der Waals surface area contributed by atoms with E-state index >= 15 is 0 Å². The van der Waals surface area contributed by atoms with E-state index in [0.29, 0.717) is 6.61 Å². The molecule has 0 aliphatic heterocycles. The summed E-state index contributed by atoms with van der Waals surface area (Å²) in [7, 11) is -0.307. The summed E-state index contributed by atoms with van der Waals surface area (Å²) in [6.45, 7) is 0.308. The zero-order chi connectivity index (χ0) is 10.2. The van der Waals surface area contributed by atoms with Crippen LogP contribution in [0.5, 0.6) is 0 Å². The Kier molecular flexibility index (Phi) is 5.80. The van der Waals surface area contributed by atoms with Gasteiger partial charge in [-0.3, -0.25) is 4.52 Å². The van der Waals surface area contributed by atoms with Crippen molar-refractivity contribution in [1.82, 2.24) is 0 Å². The first-order valence-electron chi connectivity index (χ1n) is 4.18. The van der Waals surface area contributed by atoms with Gasteiger partial charge >= 0.3 is 8.69 Å². The van der Waals surface area contributed by atoms with Crippen LogP contribution < -0.4 is 5.73 Å². The van der Waals surface area contributed by atoms with Gasteiger partial charge in [-0.2, -0.15) is 0 Å². The highest BCUT2D eigenvalue weighted by molar-refractivity contribution is 7.99. The van der Waals surface area contributed by atoms with Crippen LogP contribution >= 0.6 is 20.4 Å². The van der Waals surface area contributed by atoms with Gasteiger partial charge in [0.25, 0.3) is 0 Å². The monoisotopic (exact) mass is 229 g/mol. The topological polar surface area (TPSA) is 52.3 Å². The second-order valence-electron chi connectivity index (χ2n) is 2.71. The molecule has 1 rings (SSSR count). The van der Waals surface area contributed by atoms with E-state index in [4.69, 9.17) is 5.73 Å². The molecule has 3 nitrogen and oxygen atoms in total. The van der Waals surface area contributed by atoms with Crippen LogP contribution in [-0.4, -0.2) is 12.0 Å². The smallest absolute Gasteiger partial charge is 0.317 e. The SMILES string of the molecule is NC(COP=O)SCc1ccccc1. The molecule has 1 aromatic rings. The van der Waals surface area contributed by atoms with E-state index in [-0.39, 0.29) is 14.1 Å². The lowest BCUT2D eigenvalue weighted by Gasteiger charge is -2.08. The molecule has 0 aromatic heterocycles. The van der Waals surface area contributed by atoms with Gasteiger partial charge in [-0.1, -0.05) is 30.3 Å². The number of hydrogen-bond acceptors (Lipinski definition) is 4. The summed E-state index contributed by atoms with van der Waals surface area (Å²) in [4.78, 5) is 0. The number of thioether (sulfide) groups is 1. The van der Waals surface area contributed by atoms with Gasteiger partial charge in [0.1, 0.15) is 0 Å². The first kappa shape index (κ1) is 11.7. The van der Waals surface area contributed by atoms with Crippen molar-refractivity contribution in [2.75, 3.05) is 6.61 Å². The summed E-state index contributed by atoms with van der Waals surface area (Å²) in [6, 6.07) is 10.1.